The topological polar surface area (TPSA) is 75.5 Å². The Kier molecular flexibility index (Phi) is 8.37. The van der Waals surface area contributed by atoms with Gasteiger partial charge in [0, 0.05) is 30.4 Å². The lowest BCUT2D eigenvalue weighted by Gasteiger charge is -2.29. The van der Waals surface area contributed by atoms with Crippen LogP contribution in [0.15, 0.2) is 101 Å². The summed E-state index contributed by atoms with van der Waals surface area (Å²) < 4.78 is 31.0. The standard InChI is InChI=1S/C33H32N4O3S3/c1-23-16-18-35(19-17-23)43(39,40)29-15-9-12-26(20-29)31-27(22-36(34-31)28-13-7-4-8-14-28)21-30-32(38)37(33(41)42-30)24(2)25-10-5-3-6-11-25/h3-15,20-24H,16-19H2,1-2H3. The molecule has 1 atom stereocenters. The first-order valence-corrected chi connectivity index (χ1v) is 17.0. The molecule has 2 aliphatic heterocycles. The van der Waals surface area contributed by atoms with Crippen LogP contribution in [0.3, 0.4) is 0 Å². The molecule has 2 saturated heterocycles. The lowest BCUT2D eigenvalue weighted by molar-refractivity contribution is -0.123. The largest absolute Gasteiger partial charge is 0.286 e. The van der Waals surface area contributed by atoms with E-state index in [1.54, 1.807) is 32.1 Å². The second kappa shape index (κ2) is 12.2. The quantitative estimate of drug-likeness (QED) is 0.163. The molecule has 0 aliphatic carbocycles. The Balaban J connectivity index is 1.39. The number of carbonyl (C=O) groups is 1. The van der Waals surface area contributed by atoms with Crippen molar-refractivity contribution in [3.05, 3.63) is 107 Å². The number of thiocarbonyl (C=S) groups is 1. The Morgan fingerprint density at radius 3 is 2.35 bits per heavy atom. The number of thioether (sulfide) groups is 1. The maximum atomic E-state index is 13.7. The van der Waals surface area contributed by atoms with Gasteiger partial charge in [0.25, 0.3) is 5.91 Å². The van der Waals surface area contributed by atoms with E-state index in [2.05, 4.69) is 6.92 Å². The van der Waals surface area contributed by atoms with E-state index in [1.807, 2.05) is 85.9 Å². The Labute approximate surface area is 262 Å². The van der Waals surface area contributed by atoms with Crippen LogP contribution in [0, 0.1) is 5.92 Å². The van der Waals surface area contributed by atoms with Crippen LogP contribution in [0.5, 0.6) is 0 Å². The Morgan fingerprint density at radius 1 is 0.977 bits per heavy atom. The summed E-state index contributed by atoms with van der Waals surface area (Å²) in [5.41, 5.74) is 3.77. The van der Waals surface area contributed by atoms with Crippen molar-refractivity contribution in [2.24, 2.45) is 5.92 Å². The fraction of sp³-hybridized carbons (Fsp3) is 0.242. The number of carbonyl (C=O) groups excluding carboxylic acids is 1. The number of nitrogens with zero attached hydrogens (tertiary/aromatic N) is 4. The van der Waals surface area contributed by atoms with Gasteiger partial charge in [0.15, 0.2) is 0 Å². The second-order valence-corrected chi connectivity index (χ2v) is 14.6. The highest BCUT2D eigenvalue weighted by molar-refractivity contribution is 8.26. The summed E-state index contributed by atoms with van der Waals surface area (Å²) in [7, 11) is -3.65. The summed E-state index contributed by atoms with van der Waals surface area (Å²) >= 11 is 6.92. The molecule has 1 amide bonds. The molecule has 7 nitrogen and oxygen atoms in total. The molecule has 2 fully saturated rings. The van der Waals surface area contributed by atoms with Gasteiger partial charge in [-0.1, -0.05) is 91.6 Å². The summed E-state index contributed by atoms with van der Waals surface area (Å²) in [6, 6.07) is 26.2. The van der Waals surface area contributed by atoms with E-state index in [9.17, 15) is 13.2 Å². The number of hydrogen-bond acceptors (Lipinski definition) is 6. The summed E-state index contributed by atoms with van der Waals surface area (Å²) in [6.07, 6.45) is 5.38. The van der Waals surface area contributed by atoms with Gasteiger partial charge in [-0.2, -0.15) is 9.40 Å². The molecule has 0 spiro atoms. The molecule has 3 heterocycles. The van der Waals surface area contributed by atoms with E-state index >= 15 is 0 Å². The number of amides is 1. The number of rotatable bonds is 7. The van der Waals surface area contributed by atoms with Gasteiger partial charge >= 0.3 is 0 Å². The third kappa shape index (κ3) is 5.97. The average Bonchev–Trinajstić information content (AvgIpc) is 3.57. The first-order chi connectivity index (χ1) is 20.7. The van der Waals surface area contributed by atoms with Gasteiger partial charge < -0.3 is 0 Å². The molecule has 0 saturated carbocycles. The molecule has 0 radical (unpaired) electrons. The van der Waals surface area contributed by atoms with Crippen molar-refractivity contribution in [2.75, 3.05) is 13.1 Å². The van der Waals surface area contributed by atoms with Crippen molar-refractivity contribution in [3.63, 3.8) is 0 Å². The zero-order valence-electron chi connectivity index (χ0n) is 24.0. The highest BCUT2D eigenvalue weighted by Gasteiger charge is 2.36. The molecule has 6 rings (SSSR count). The minimum Gasteiger partial charge on any atom is -0.286 e. The van der Waals surface area contributed by atoms with Crippen LogP contribution in [-0.4, -0.2) is 50.7 Å². The smallest absolute Gasteiger partial charge is 0.266 e. The summed E-state index contributed by atoms with van der Waals surface area (Å²) in [4.78, 5) is 16.1. The maximum Gasteiger partial charge on any atom is 0.266 e. The fourth-order valence-electron chi connectivity index (χ4n) is 5.44. The van der Waals surface area contributed by atoms with Crippen LogP contribution in [0.25, 0.3) is 23.0 Å². The molecular weight excluding hydrogens is 597 g/mol. The van der Waals surface area contributed by atoms with E-state index in [0.717, 1.165) is 24.1 Å². The van der Waals surface area contributed by atoms with Gasteiger partial charge in [-0.05, 0) is 61.6 Å². The van der Waals surface area contributed by atoms with E-state index in [0.29, 0.717) is 45.1 Å². The van der Waals surface area contributed by atoms with Crippen LogP contribution in [0.4, 0.5) is 0 Å². The highest BCUT2D eigenvalue weighted by atomic mass is 32.2. The first kappa shape index (κ1) is 29.5. The van der Waals surface area contributed by atoms with Crippen LogP contribution >= 0.6 is 24.0 Å². The van der Waals surface area contributed by atoms with Crippen molar-refractivity contribution >= 4 is 50.3 Å². The lowest BCUT2D eigenvalue weighted by Crippen LogP contribution is -2.37. The lowest BCUT2D eigenvalue weighted by atomic mass is 10.0. The zero-order chi connectivity index (χ0) is 30.1. The number of hydrogen-bond donors (Lipinski definition) is 0. The van der Waals surface area contributed by atoms with Gasteiger partial charge in [0.05, 0.1) is 21.5 Å². The van der Waals surface area contributed by atoms with Gasteiger partial charge in [0.1, 0.15) is 10.0 Å². The van der Waals surface area contributed by atoms with Crippen molar-refractivity contribution in [1.29, 1.82) is 0 Å². The first-order valence-electron chi connectivity index (χ1n) is 14.3. The molecular formula is C33H32N4O3S3. The number of piperidine rings is 1. The third-order valence-corrected chi connectivity index (χ3v) is 11.3. The van der Waals surface area contributed by atoms with E-state index in [4.69, 9.17) is 17.3 Å². The fourth-order valence-corrected chi connectivity index (χ4v) is 8.37. The Morgan fingerprint density at radius 2 is 1.65 bits per heavy atom. The molecule has 0 bridgehead atoms. The molecule has 2 aliphatic rings. The molecule has 10 heteroatoms. The van der Waals surface area contributed by atoms with Crippen LogP contribution < -0.4 is 0 Å². The average molecular weight is 629 g/mol. The van der Waals surface area contributed by atoms with Gasteiger partial charge in [-0.25, -0.2) is 13.1 Å². The van der Waals surface area contributed by atoms with E-state index < -0.39 is 10.0 Å². The highest BCUT2D eigenvalue weighted by Crippen LogP contribution is 2.39. The van der Waals surface area contributed by atoms with Crippen molar-refractivity contribution in [3.8, 4) is 16.9 Å². The summed E-state index contributed by atoms with van der Waals surface area (Å²) in [5.74, 6) is 0.353. The summed E-state index contributed by atoms with van der Waals surface area (Å²) in [6.45, 7) is 5.16. The number of sulfonamides is 1. The second-order valence-electron chi connectivity index (χ2n) is 11.0. The van der Waals surface area contributed by atoms with Crippen LogP contribution in [-0.2, 0) is 14.8 Å². The van der Waals surface area contributed by atoms with E-state index in [-0.39, 0.29) is 16.8 Å². The Hall–Kier alpha value is -3.57. The molecule has 0 N–H and O–H groups in total. The predicted octanol–water partition coefficient (Wildman–Crippen LogP) is 6.92. The van der Waals surface area contributed by atoms with Gasteiger partial charge in [0.2, 0.25) is 10.0 Å². The monoisotopic (exact) mass is 628 g/mol. The van der Waals surface area contributed by atoms with Crippen LogP contribution in [0.1, 0.15) is 43.9 Å². The minimum absolute atomic E-state index is 0.166. The third-order valence-electron chi connectivity index (χ3n) is 8.03. The van der Waals surface area contributed by atoms with Crippen molar-refractivity contribution < 1.29 is 13.2 Å². The molecule has 1 unspecified atom stereocenters. The molecule has 220 valence electrons. The number of aromatic nitrogens is 2. The van der Waals surface area contributed by atoms with Gasteiger partial charge in [-0.3, -0.25) is 9.69 Å². The molecule has 4 aromatic rings. The van der Waals surface area contributed by atoms with E-state index in [1.165, 1.54) is 11.8 Å². The SMILES string of the molecule is CC1CCN(S(=O)(=O)c2cccc(-c3nn(-c4ccccc4)cc3C=C3SC(=S)N(C(C)c4ccccc4)C3=O)c2)CC1. The number of para-hydroxylation sites is 1. The number of benzene rings is 3. The van der Waals surface area contributed by atoms with Gasteiger partial charge in [-0.15, -0.1) is 0 Å². The normalized spacial score (nSPS) is 18.5. The Bertz CT molecular complexity index is 1800. The molecule has 43 heavy (non-hydrogen) atoms. The van der Waals surface area contributed by atoms with Crippen molar-refractivity contribution in [2.45, 2.75) is 37.6 Å². The maximum absolute atomic E-state index is 13.7. The van der Waals surface area contributed by atoms with Crippen LogP contribution in [0.2, 0.25) is 0 Å². The zero-order valence-corrected chi connectivity index (χ0v) is 26.4. The molecule has 3 aromatic carbocycles. The molecule has 1 aromatic heterocycles. The van der Waals surface area contributed by atoms with Crippen molar-refractivity contribution in [1.82, 2.24) is 19.0 Å². The predicted molar refractivity (Wildman–Crippen MR) is 176 cm³/mol. The minimum atomic E-state index is -3.65. The summed E-state index contributed by atoms with van der Waals surface area (Å²) in [5, 5.41) is 4.88.